The number of carbonyl (C=O) groups excluding carboxylic acids is 4. The summed E-state index contributed by atoms with van der Waals surface area (Å²) in [6.07, 6.45) is -0.630. The maximum Gasteiger partial charge on any atom is 0.410 e. The van der Waals surface area contributed by atoms with Gasteiger partial charge in [-0.3, -0.25) is 14.5 Å². The summed E-state index contributed by atoms with van der Waals surface area (Å²) in [5.74, 6) is -1.31. The van der Waals surface area contributed by atoms with Gasteiger partial charge in [-0.1, -0.05) is 12.1 Å². The largest absolute Gasteiger partial charge is 0.465 e. The maximum absolute atomic E-state index is 12.2. The summed E-state index contributed by atoms with van der Waals surface area (Å²) in [5.41, 5.74) is -0.00442. The van der Waals surface area contributed by atoms with Crippen LogP contribution in [0.3, 0.4) is 0 Å². The van der Waals surface area contributed by atoms with Gasteiger partial charge in [0.05, 0.1) is 19.2 Å². The first-order chi connectivity index (χ1) is 12.5. The van der Waals surface area contributed by atoms with Gasteiger partial charge >= 0.3 is 12.1 Å². The Morgan fingerprint density at radius 3 is 2.07 bits per heavy atom. The number of likely N-dealkylation sites (N-methyl/N-ethyl adjacent to an activating group) is 1. The molecular weight excluding hydrogens is 352 g/mol. The summed E-state index contributed by atoms with van der Waals surface area (Å²) in [4.78, 5) is 48.9. The number of Topliss-reactive ketones (excluding diaryl/α,β-unsaturated/α-hetero) is 1. The number of benzene rings is 1. The van der Waals surface area contributed by atoms with E-state index in [1.54, 1.807) is 20.8 Å². The van der Waals surface area contributed by atoms with E-state index in [2.05, 4.69) is 10.1 Å². The predicted molar refractivity (Wildman–Crippen MR) is 98.6 cm³/mol. The lowest BCUT2D eigenvalue weighted by atomic mass is 10.1. The fourth-order valence-electron chi connectivity index (χ4n) is 2.00. The topological polar surface area (TPSA) is 102 Å². The molecule has 1 N–H and O–H groups in total. The highest BCUT2D eigenvalue weighted by molar-refractivity contribution is 6.00. The zero-order valence-electron chi connectivity index (χ0n) is 16.5. The van der Waals surface area contributed by atoms with Crippen molar-refractivity contribution in [2.75, 3.05) is 20.7 Å². The Bertz CT molecular complexity index is 706. The molecule has 0 spiro atoms. The van der Waals surface area contributed by atoms with Crippen LogP contribution < -0.4 is 5.32 Å². The number of hydrogen-bond donors (Lipinski definition) is 1. The lowest BCUT2D eigenvalue weighted by molar-refractivity contribution is -0.125. The van der Waals surface area contributed by atoms with Crippen LogP contribution in [0.15, 0.2) is 24.3 Å². The minimum atomic E-state index is -0.811. The van der Waals surface area contributed by atoms with Crippen molar-refractivity contribution >= 4 is 23.8 Å². The second-order valence-electron chi connectivity index (χ2n) is 6.98. The second-order valence-corrected chi connectivity index (χ2v) is 6.98. The van der Waals surface area contributed by atoms with Crippen molar-refractivity contribution in [3.05, 3.63) is 35.4 Å². The first-order valence-corrected chi connectivity index (χ1v) is 8.41. The van der Waals surface area contributed by atoms with Crippen LogP contribution in [0.25, 0.3) is 0 Å². The standard InChI is InChI=1S/C19H26N2O6/c1-12(21(5)18(25)27-19(2,3)4)16(23)20-11-15(22)13-7-9-14(10-8-13)17(24)26-6/h7-10,12H,11H2,1-6H3,(H,20,23)/t12-/m0/s1. The third-order valence-corrected chi connectivity index (χ3v) is 3.69. The highest BCUT2D eigenvalue weighted by atomic mass is 16.6. The van der Waals surface area contributed by atoms with Crippen molar-refractivity contribution in [2.45, 2.75) is 39.3 Å². The molecule has 148 valence electrons. The van der Waals surface area contributed by atoms with E-state index in [9.17, 15) is 19.2 Å². The summed E-state index contributed by atoms with van der Waals surface area (Å²) in [5, 5.41) is 2.50. The van der Waals surface area contributed by atoms with Gasteiger partial charge in [0.2, 0.25) is 5.91 Å². The second kappa shape index (κ2) is 9.16. The number of esters is 1. The van der Waals surface area contributed by atoms with Crippen LogP contribution in [-0.4, -0.2) is 61.0 Å². The average molecular weight is 378 g/mol. The number of methoxy groups -OCH3 is 1. The van der Waals surface area contributed by atoms with Crippen molar-refractivity contribution < 1.29 is 28.7 Å². The van der Waals surface area contributed by atoms with Crippen molar-refractivity contribution in [2.24, 2.45) is 0 Å². The van der Waals surface area contributed by atoms with Crippen molar-refractivity contribution in [3.63, 3.8) is 0 Å². The van der Waals surface area contributed by atoms with Crippen LogP contribution in [0.1, 0.15) is 48.4 Å². The fraction of sp³-hybridized carbons (Fsp3) is 0.474. The molecule has 0 bridgehead atoms. The van der Waals surface area contributed by atoms with Crippen molar-refractivity contribution in [1.29, 1.82) is 0 Å². The molecule has 1 aromatic rings. The molecule has 8 nitrogen and oxygen atoms in total. The van der Waals surface area contributed by atoms with Gasteiger partial charge in [0.15, 0.2) is 5.78 Å². The Labute approximate surface area is 158 Å². The first kappa shape index (κ1) is 22.1. The molecule has 0 aliphatic carbocycles. The van der Waals surface area contributed by atoms with E-state index in [0.29, 0.717) is 11.1 Å². The lowest BCUT2D eigenvalue weighted by Crippen LogP contribution is -2.48. The van der Waals surface area contributed by atoms with E-state index in [0.717, 1.165) is 4.90 Å². The normalized spacial score (nSPS) is 11.9. The monoisotopic (exact) mass is 378 g/mol. The fourth-order valence-corrected chi connectivity index (χ4v) is 2.00. The molecule has 0 radical (unpaired) electrons. The molecule has 8 heteroatoms. The maximum atomic E-state index is 12.2. The molecule has 0 saturated carbocycles. The molecule has 2 amide bonds. The molecule has 0 saturated heterocycles. The Balaban J connectivity index is 2.61. The van der Waals surface area contributed by atoms with Gasteiger partial charge in [0.1, 0.15) is 11.6 Å². The molecule has 27 heavy (non-hydrogen) atoms. The molecule has 1 aromatic carbocycles. The van der Waals surface area contributed by atoms with Crippen LogP contribution in [0.5, 0.6) is 0 Å². The van der Waals surface area contributed by atoms with Crippen LogP contribution in [0.4, 0.5) is 4.79 Å². The van der Waals surface area contributed by atoms with E-state index in [1.807, 2.05) is 0 Å². The quantitative estimate of drug-likeness (QED) is 0.600. The third kappa shape index (κ3) is 6.73. The molecule has 0 aliphatic rings. The zero-order valence-corrected chi connectivity index (χ0v) is 16.5. The number of hydrogen-bond acceptors (Lipinski definition) is 6. The van der Waals surface area contributed by atoms with Gasteiger partial charge in [-0.2, -0.15) is 0 Å². The van der Waals surface area contributed by atoms with E-state index in [4.69, 9.17) is 4.74 Å². The van der Waals surface area contributed by atoms with Crippen LogP contribution >= 0.6 is 0 Å². The van der Waals surface area contributed by atoms with Gasteiger partial charge in [-0.15, -0.1) is 0 Å². The zero-order chi connectivity index (χ0) is 20.8. The number of nitrogens with one attached hydrogen (secondary N) is 1. The third-order valence-electron chi connectivity index (χ3n) is 3.69. The highest BCUT2D eigenvalue weighted by Gasteiger charge is 2.27. The molecule has 0 aliphatic heterocycles. The summed E-state index contributed by atoms with van der Waals surface area (Å²) in [6, 6.07) is 5.10. The Hall–Kier alpha value is -2.90. The smallest absolute Gasteiger partial charge is 0.410 e. The molecular formula is C19H26N2O6. The number of ketones is 1. The average Bonchev–Trinajstić information content (AvgIpc) is 2.62. The van der Waals surface area contributed by atoms with E-state index in [-0.39, 0.29) is 12.3 Å². The summed E-state index contributed by atoms with van der Waals surface area (Å²) >= 11 is 0. The SMILES string of the molecule is COC(=O)c1ccc(C(=O)CNC(=O)[C@H](C)N(C)C(=O)OC(C)(C)C)cc1. The Kier molecular flexibility index (Phi) is 7.51. The minimum Gasteiger partial charge on any atom is -0.465 e. The summed E-state index contributed by atoms with van der Waals surface area (Å²) in [6.45, 7) is 6.49. The molecule has 0 heterocycles. The van der Waals surface area contributed by atoms with Gasteiger partial charge in [-0.25, -0.2) is 9.59 Å². The Morgan fingerprint density at radius 1 is 1.07 bits per heavy atom. The highest BCUT2D eigenvalue weighted by Crippen LogP contribution is 2.11. The van der Waals surface area contributed by atoms with Crippen molar-refractivity contribution in [1.82, 2.24) is 10.2 Å². The minimum absolute atomic E-state index is 0.233. The molecule has 1 rings (SSSR count). The Morgan fingerprint density at radius 2 is 1.59 bits per heavy atom. The van der Waals surface area contributed by atoms with Gasteiger partial charge in [0.25, 0.3) is 0 Å². The van der Waals surface area contributed by atoms with Crippen LogP contribution in [0, 0.1) is 0 Å². The number of carbonyl (C=O) groups is 4. The van der Waals surface area contributed by atoms with E-state index in [1.165, 1.54) is 45.3 Å². The number of nitrogens with zero attached hydrogens (tertiary/aromatic N) is 1. The summed E-state index contributed by atoms with van der Waals surface area (Å²) < 4.78 is 9.80. The van der Waals surface area contributed by atoms with Gasteiger partial charge in [0, 0.05) is 12.6 Å². The van der Waals surface area contributed by atoms with Gasteiger partial charge < -0.3 is 14.8 Å². The molecule has 1 atom stereocenters. The summed E-state index contributed by atoms with van der Waals surface area (Å²) in [7, 11) is 2.72. The lowest BCUT2D eigenvalue weighted by Gasteiger charge is -2.28. The molecule has 0 unspecified atom stereocenters. The van der Waals surface area contributed by atoms with E-state index < -0.39 is 29.6 Å². The van der Waals surface area contributed by atoms with E-state index >= 15 is 0 Å². The van der Waals surface area contributed by atoms with Crippen molar-refractivity contribution in [3.8, 4) is 0 Å². The number of amides is 2. The number of ether oxygens (including phenoxy) is 2. The predicted octanol–water partition coefficient (Wildman–Crippen LogP) is 2.03. The number of rotatable bonds is 6. The molecule has 0 aromatic heterocycles. The van der Waals surface area contributed by atoms with Crippen LogP contribution in [-0.2, 0) is 14.3 Å². The van der Waals surface area contributed by atoms with Gasteiger partial charge in [-0.05, 0) is 39.8 Å². The van der Waals surface area contributed by atoms with Crippen LogP contribution in [0.2, 0.25) is 0 Å². The molecule has 0 fully saturated rings. The first-order valence-electron chi connectivity index (χ1n) is 8.41.